The number of nitrogens with zero attached hydrogens (tertiary/aromatic N) is 1. The van der Waals surface area contributed by atoms with Crippen LogP contribution in [0.15, 0.2) is 71.5 Å². The Hall–Kier alpha value is -4.89. The zero-order valence-corrected chi connectivity index (χ0v) is 25.7. The summed E-state index contributed by atoms with van der Waals surface area (Å²) in [5.74, 6) is 1.11. The fourth-order valence-electron chi connectivity index (χ4n) is 6.11. The van der Waals surface area contributed by atoms with E-state index in [0.717, 1.165) is 56.0 Å². The van der Waals surface area contributed by atoms with Gasteiger partial charge in [0.15, 0.2) is 16.9 Å². The third-order valence-corrected chi connectivity index (χ3v) is 8.39. The molecule has 5 aromatic rings. The zero-order chi connectivity index (χ0) is 31.5. The molecule has 1 aliphatic rings. The maximum Gasteiger partial charge on any atom is 0.257 e. The molecule has 6 rings (SSSR count). The lowest BCUT2D eigenvalue weighted by molar-refractivity contribution is 0.102. The van der Waals surface area contributed by atoms with Crippen molar-refractivity contribution >= 4 is 33.4 Å². The van der Waals surface area contributed by atoms with Crippen LogP contribution in [-0.2, 0) is 19.4 Å². The Morgan fingerprint density at radius 3 is 2.42 bits per heavy atom. The molecule has 1 aromatic heterocycles. The number of hydrogen-bond donors (Lipinski definition) is 2. The molecule has 0 fully saturated rings. The van der Waals surface area contributed by atoms with Crippen molar-refractivity contribution in [2.24, 2.45) is 0 Å². The molecule has 0 spiro atoms. The molecule has 0 aliphatic carbocycles. The second-order valence-electron chi connectivity index (χ2n) is 11.2. The van der Waals surface area contributed by atoms with Crippen LogP contribution >= 0.6 is 0 Å². The summed E-state index contributed by atoms with van der Waals surface area (Å²) in [6.07, 6.45) is 2.79. The third-order valence-electron chi connectivity index (χ3n) is 8.39. The Morgan fingerprint density at radius 1 is 0.933 bits per heavy atom. The lowest BCUT2D eigenvalue weighted by atomic mass is 9.98. The van der Waals surface area contributed by atoms with Gasteiger partial charge in [-0.2, -0.15) is 0 Å². The van der Waals surface area contributed by atoms with Crippen LogP contribution in [0.25, 0.3) is 21.8 Å². The first kappa shape index (κ1) is 30.1. The topological polar surface area (TPSA) is 92.9 Å². The van der Waals surface area contributed by atoms with Crippen LogP contribution in [0.4, 0.5) is 10.1 Å². The summed E-state index contributed by atoms with van der Waals surface area (Å²) in [5.41, 5.74) is 4.46. The summed E-state index contributed by atoms with van der Waals surface area (Å²) in [5, 5.41) is 3.49. The van der Waals surface area contributed by atoms with E-state index in [2.05, 4.69) is 27.3 Å². The van der Waals surface area contributed by atoms with Crippen molar-refractivity contribution < 1.29 is 23.4 Å². The van der Waals surface area contributed by atoms with Gasteiger partial charge in [-0.15, -0.1) is 0 Å². The maximum atomic E-state index is 14.6. The fraction of sp³-hybridized carbons (Fsp3) is 0.278. The number of amides is 1. The molecule has 232 valence electrons. The molecule has 0 bridgehead atoms. The highest BCUT2D eigenvalue weighted by molar-refractivity contribution is 6.13. The molecule has 0 atom stereocenters. The number of pyridine rings is 1. The molecule has 9 heteroatoms. The summed E-state index contributed by atoms with van der Waals surface area (Å²) in [6, 6.07) is 19.2. The number of para-hydroxylation sites is 2. The van der Waals surface area contributed by atoms with Crippen LogP contribution in [-0.4, -0.2) is 49.7 Å². The molecule has 1 aliphatic heterocycles. The van der Waals surface area contributed by atoms with E-state index in [1.807, 2.05) is 25.1 Å². The van der Waals surface area contributed by atoms with E-state index >= 15 is 0 Å². The highest BCUT2D eigenvalue weighted by Gasteiger charge is 2.20. The van der Waals surface area contributed by atoms with Gasteiger partial charge in [0.1, 0.15) is 11.6 Å². The highest BCUT2D eigenvalue weighted by Crippen LogP contribution is 2.33. The second-order valence-corrected chi connectivity index (χ2v) is 11.2. The van der Waals surface area contributed by atoms with Gasteiger partial charge in [-0.05, 0) is 98.0 Å². The van der Waals surface area contributed by atoms with E-state index in [-0.39, 0.29) is 27.4 Å². The van der Waals surface area contributed by atoms with Gasteiger partial charge in [0, 0.05) is 23.9 Å². The van der Waals surface area contributed by atoms with Gasteiger partial charge in [0.2, 0.25) is 0 Å². The molecular formula is C36H36FN3O5. The van der Waals surface area contributed by atoms with E-state index in [4.69, 9.17) is 14.2 Å². The summed E-state index contributed by atoms with van der Waals surface area (Å²) in [7, 11) is 3.32. The lowest BCUT2D eigenvalue weighted by Gasteiger charge is -2.29. The Morgan fingerprint density at radius 2 is 1.67 bits per heavy atom. The van der Waals surface area contributed by atoms with Gasteiger partial charge >= 0.3 is 0 Å². The number of nitrogens with one attached hydrogen (secondary N) is 2. The Balaban J connectivity index is 1.15. The molecule has 0 unspecified atom stereocenters. The number of fused-ring (bicyclic) bond motifs is 3. The number of carbonyl (C=O) groups excluding carboxylic acids is 1. The van der Waals surface area contributed by atoms with Crippen LogP contribution in [0.2, 0.25) is 0 Å². The summed E-state index contributed by atoms with van der Waals surface area (Å²) in [4.78, 5) is 32.0. The first-order valence-electron chi connectivity index (χ1n) is 15.2. The number of halogens is 1. The van der Waals surface area contributed by atoms with Crippen molar-refractivity contribution in [1.29, 1.82) is 0 Å². The van der Waals surface area contributed by atoms with Crippen LogP contribution in [0.5, 0.6) is 17.2 Å². The standard InChI is InChI=1S/C36H36FN3O5/c1-4-45-30-18-22(8-7-16-40-17-15-23-19-31(43-2)32(44-3)20-24(23)21-40)13-14-29(30)38-36(42)27-11-5-9-25-33(27)39-34-26(35(25)41)10-6-12-28(34)37/h5-6,9-14,18-20H,4,7-8,15-17,21H2,1-3H3,(H,38,42)(H,39,41). The smallest absolute Gasteiger partial charge is 0.257 e. The first-order valence-corrected chi connectivity index (χ1v) is 15.2. The largest absolute Gasteiger partial charge is 0.493 e. The number of H-pyrrole nitrogens is 1. The minimum atomic E-state index is -0.554. The van der Waals surface area contributed by atoms with Gasteiger partial charge in [-0.25, -0.2) is 4.39 Å². The minimum absolute atomic E-state index is 0.0725. The second kappa shape index (κ2) is 13.0. The zero-order valence-electron chi connectivity index (χ0n) is 25.7. The number of methoxy groups -OCH3 is 2. The molecule has 0 saturated carbocycles. The number of aryl methyl sites for hydroxylation is 1. The molecule has 0 saturated heterocycles. The number of aromatic amines is 1. The van der Waals surface area contributed by atoms with Crippen molar-refractivity contribution in [1.82, 2.24) is 9.88 Å². The predicted molar refractivity (Wildman–Crippen MR) is 174 cm³/mol. The molecule has 4 aromatic carbocycles. The van der Waals surface area contributed by atoms with Crippen LogP contribution in [0, 0.1) is 5.82 Å². The molecule has 2 heterocycles. The summed E-state index contributed by atoms with van der Waals surface area (Å²) in [6.45, 7) is 5.13. The van der Waals surface area contributed by atoms with E-state index in [1.165, 1.54) is 23.3 Å². The number of ether oxygens (including phenoxy) is 3. The normalized spacial score (nSPS) is 13.1. The first-order chi connectivity index (χ1) is 21.9. The minimum Gasteiger partial charge on any atom is -0.493 e. The van der Waals surface area contributed by atoms with Gasteiger partial charge < -0.3 is 24.5 Å². The van der Waals surface area contributed by atoms with E-state index in [1.54, 1.807) is 38.5 Å². The Kier molecular flexibility index (Phi) is 8.71. The number of benzene rings is 4. The fourth-order valence-corrected chi connectivity index (χ4v) is 6.11. The quantitative estimate of drug-likeness (QED) is 0.176. The molecule has 45 heavy (non-hydrogen) atoms. The number of anilines is 1. The van der Waals surface area contributed by atoms with E-state index in [9.17, 15) is 14.0 Å². The number of hydrogen-bond acceptors (Lipinski definition) is 6. The molecule has 0 radical (unpaired) electrons. The Labute approximate surface area is 260 Å². The van der Waals surface area contributed by atoms with Crippen molar-refractivity contribution in [2.75, 3.05) is 39.2 Å². The third kappa shape index (κ3) is 6.08. The van der Waals surface area contributed by atoms with Crippen molar-refractivity contribution in [3.63, 3.8) is 0 Å². The van der Waals surface area contributed by atoms with Crippen molar-refractivity contribution in [3.8, 4) is 17.2 Å². The number of aromatic nitrogens is 1. The summed E-state index contributed by atoms with van der Waals surface area (Å²) < 4.78 is 31.4. The molecule has 2 N–H and O–H groups in total. The average molecular weight is 610 g/mol. The monoisotopic (exact) mass is 609 g/mol. The van der Waals surface area contributed by atoms with Crippen LogP contribution in [0.1, 0.15) is 40.4 Å². The number of carbonyl (C=O) groups is 1. The van der Waals surface area contributed by atoms with Crippen molar-refractivity contribution in [2.45, 2.75) is 32.7 Å². The SMILES string of the molecule is CCOc1cc(CCCN2CCc3cc(OC)c(OC)cc3C2)ccc1NC(=O)c1cccc2c(=O)c3cccc(F)c3[nH]c12. The molecular weight excluding hydrogens is 573 g/mol. The van der Waals surface area contributed by atoms with Crippen LogP contribution in [0.3, 0.4) is 0 Å². The van der Waals surface area contributed by atoms with Gasteiger partial charge in [0.05, 0.1) is 43.1 Å². The lowest BCUT2D eigenvalue weighted by Crippen LogP contribution is -2.31. The van der Waals surface area contributed by atoms with Crippen molar-refractivity contribution in [3.05, 3.63) is 105 Å². The van der Waals surface area contributed by atoms with E-state index in [0.29, 0.717) is 23.4 Å². The molecule has 8 nitrogen and oxygen atoms in total. The molecule has 1 amide bonds. The predicted octanol–water partition coefficient (Wildman–Crippen LogP) is 6.48. The average Bonchev–Trinajstić information content (AvgIpc) is 3.05. The van der Waals surface area contributed by atoms with Crippen LogP contribution < -0.4 is 25.0 Å². The van der Waals surface area contributed by atoms with Gasteiger partial charge in [-0.1, -0.05) is 18.2 Å². The van der Waals surface area contributed by atoms with E-state index < -0.39 is 11.7 Å². The Bertz CT molecular complexity index is 1950. The van der Waals surface area contributed by atoms with Gasteiger partial charge in [-0.3, -0.25) is 14.5 Å². The summed E-state index contributed by atoms with van der Waals surface area (Å²) >= 11 is 0. The highest BCUT2D eigenvalue weighted by atomic mass is 19.1. The van der Waals surface area contributed by atoms with Gasteiger partial charge in [0.25, 0.3) is 5.91 Å². The number of rotatable bonds is 10. The maximum absolute atomic E-state index is 14.6.